The summed E-state index contributed by atoms with van der Waals surface area (Å²) in [5.41, 5.74) is 0. The van der Waals surface area contributed by atoms with Gasteiger partial charge in [0.2, 0.25) is 0 Å². The van der Waals surface area contributed by atoms with E-state index >= 15 is 0 Å². The molecule has 3 rings (SSSR count). The first-order chi connectivity index (χ1) is 20.0. The van der Waals surface area contributed by atoms with Crippen LogP contribution in [-0.4, -0.2) is 39.6 Å². The largest absolute Gasteiger partial charge is 0.501 e. The molecular weight excluding hydrogens is 539 g/mol. The molecule has 0 unspecified atom stereocenters. The van der Waals surface area contributed by atoms with E-state index in [1.807, 2.05) is 39.0 Å². The van der Waals surface area contributed by atoms with Crippen molar-refractivity contribution in [1.82, 2.24) is 0 Å². The fourth-order valence-corrected chi connectivity index (χ4v) is 7.66. The Kier molecular flexibility index (Phi) is 16.6. The zero-order valence-electron chi connectivity index (χ0n) is 26.0. The Morgan fingerprint density at radius 3 is 0.878 bits per heavy atom. The lowest BCUT2D eigenvalue weighted by Gasteiger charge is -2.32. The number of ether oxygens (including phenoxy) is 3. The molecule has 0 spiro atoms. The molecule has 0 atom stereocenters. The summed E-state index contributed by atoms with van der Waals surface area (Å²) in [4.78, 5) is 0. The number of allylic oxidation sites excluding steroid dienone is 3. The monoisotopic (exact) mass is 596 g/mol. The number of phosphoric ester groups is 1. The molecule has 236 valence electrons. The Hall–Kier alpha value is -1.27. The minimum absolute atomic E-state index is 0.383. The molecule has 0 saturated heterocycles. The van der Waals surface area contributed by atoms with Crippen molar-refractivity contribution in [2.24, 2.45) is 35.5 Å². The van der Waals surface area contributed by atoms with Gasteiger partial charge in [-0.1, -0.05) is 18.2 Å². The molecule has 0 aromatic carbocycles. The topological polar surface area (TPSA) is 72.5 Å². The normalized spacial score (nSPS) is 31.0. The fraction of sp³-hybridized carbons (Fsp3) is 0.818. The predicted octanol–water partition coefficient (Wildman–Crippen LogP) is 9.21. The maximum atomic E-state index is 13.9. The summed E-state index contributed by atoms with van der Waals surface area (Å²) in [5.74, 6) is 2.90. The van der Waals surface area contributed by atoms with Gasteiger partial charge in [-0.3, -0.25) is 13.6 Å². The second-order valence-corrected chi connectivity index (χ2v) is 14.1. The molecular formula is C33H57O7P. The van der Waals surface area contributed by atoms with Crippen LogP contribution in [0.5, 0.6) is 0 Å². The van der Waals surface area contributed by atoms with Crippen molar-refractivity contribution < 1.29 is 32.3 Å². The van der Waals surface area contributed by atoms with E-state index in [1.165, 1.54) is 0 Å². The predicted molar refractivity (Wildman–Crippen MR) is 164 cm³/mol. The third kappa shape index (κ3) is 13.7. The lowest BCUT2D eigenvalue weighted by molar-refractivity contribution is 0.0511. The third-order valence-electron chi connectivity index (χ3n) is 9.00. The van der Waals surface area contributed by atoms with Crippen LogP contribution in [-0.2, 0) is 32.3 Å². The smallest absolute Gasteiger partial charge is 0.474 e. The van der Waals surface area contributed by atoms with E-state index in [9.17, 15) is 4.57 Å². The lowest BCUT2D eigenvalue weighted by atomic mass is 9.83. The first-order valence-electron chi connectivity index (χ1n) is 16.2. The van der Waals surface area contributed by atoms with Crippen LogP contribution in [0.15, 0.2) is 37.0 Å². The van der Waals surface area contributed by atoms with Crippen molar-refractivity contribution >= 4 is 7.82 Å². The first-order valence-corrected chi connectivity index (χ1v) is 17.7. The Labute approximate surface area is 250 Å². The van der Waals surface area contributed by atoms with E-state index in [2.05, 4.69) is 0 Å². The minimum atomic E-state index is -3.63. The zero-order valence-corrected chi connectivity index (χ0v) is 26.9. The summed E-state index contributed by atoms with van der Waals surface area (Å²) < 4.78 is 48.9. The third-order valence-corrected chi connectivity index (χ3v) is 10.4. The number of phosphoric acid groups is 1. The molecule has 0 heterocycles. The molecule has 0 aliphatic heterocycles. The van der Waals surface area contributed by atoms with Crippen LogP contribution in [0.25, 0.3) is 0 Å². The van der Waals surface area contributed by atoms with E-state index in [0.717, 1.165) is 96.9 Å². The Morgan fingerprint density at radius 2 is 0.659 bits per heavy atom. The van der Waals surface area contributed by atoms with Gasteiger partial charge in [-0.05, 0) is 133 Å². The van der Waals surface area contributed by atoms with Crippen LogP contribution in [0.1, 0.15) is 97.8 Å². The lowest BCUT2D eigenvalue weighted by Crippen LogP contribution is -2.24. The number of hydrogen-bond acceptors (Lipinski definition) is 7. The van der Waals surface area contributed by atoms with Crippen LogP contribution in [0, 0.1) is 35.5 Å². The van der Waals surface area contributed by atoms with Crippen LogP contribution >= 0.6 is 7.82 Å². The first kappa shape index (κ1) is 34.2. The van der Waals surface area contributed by atoms with Crippen molar-refractivity contribution in [1.29, 1.82) is 0 Å². The minimum Gasteiger partial charge on any atom is -0.501 e. The summed E-state index contributed by atoms with van der Waals surface area (Å²) in [6.07, 6.45) is 24.1. The maximum Gasteiger partial charge on any atom is 0.474 e. The average molecular weight is 597 g/mol. The number of hydrogen-bond donors (Lipinski definition) is 0. The highest BCUT2D eigenvalue weighted by atomic mass is 31.2. The molecule has 0 N–H and O–H groups in total. The van der Waals surface area contributed by atoms with Gasteiger partial charge in [0.15, 0.2) is 0 Å². The highest BCUT2D eigenvalue weighted by Gasteiger charge is 2.34. The highest BCUT2D eigenvalue weighted by Crippen LogP contribution is 2.52. The van der Waals surface area contributed by atoms with Crippen molar-refractivity contribution in [3.05, 3.63) is 37.0 Å². The summed E-state index contributed by atoms with van der Waals surface area (Å²) in [7, 11) is -3.63. The molecule has 0 aromatic heterocycles. The van der Waals surface area contributed by atoms with Gasteiger partial charge in [-0.15, -0.1) is 0 Å². The molecule has 0 radical (unpaired) electrons. The molecule has 3 fully saturated rings. The van der Waals surface area contributed by atoms with Gasteiger partial charge in [0.1, 0.15) is 0 Å². The van der Waals surface area contributed by atoms with E-state index < -0.39 is 7.82 Å². The Balaban J connectivity index is 1.45. The molecule has 0 aromatic rings. The second-order valence-electron chi connectivity index (χ2n) is 12.4. The summed E-state index contributed by atoms with van der Waals surface area (Å²) in [5, 5.41) is 0. The second kappa shape index (κ2) is 19.8. The summed E-state index contributed by atoms with van der Waals surface area (Å²) in [6.45, 7) is 9.53. The number of rotatable bonds is 18. The van der Waals surface area contributed by atoms with Crippen LogP contribution in [0.4, 0.5) is 0 Å². The quantitative estimate of drug-likeness (QED) is 0.115. The fourth-order valence-electron chi connectivity index (χ4n) is 6.26. The van der Waals surface area contributed by atoms with Crippen molar-refractivity contribution in [2.45, 2.75) is 97.8 Å². The van der Waals surface area contributed by atoms with E-state index in [4.69, 9.17) is 27.8 Å². The standard InChI is InChI=1S/C33H57O7P/c1-4-19-35-22-28-7-13-31(14-8-28)25-38-41(34,39-26-32-15-9-29(10-16-32)23-36-20-5-2)40-27-33-17-11-30(12-18-33)24-37-21-6-3/h4-6,19-21,28-33H,7-18,22-27H2,1-3H3. The van der Waals surface area contributed by atoms with E-state index in [-0.39, 0.29) is 0 Å². The van der Waals surface area contributed by atoms with Crippen LogP contribution in [0.2, 0.25) is 0 Å². The van der Waals surface area contributed by atoms with Gasteiger partial charge in [-0.2, -0.15) is 0 Å². The molecule has 7 nitrogen and oxygen atoms in total. The Bertz CT molecular complexity index is 700. The van der Waals surface area contributed by atoms with Gasteiger partial charge in [0, 0.05) is 0 Å². The van der Waals surface area contributed by atoms with Crippen LogP contribution < -0.4 is 0 Å². The van der Waals surface area contributed by atoms with Crippen LogP contribution in [0.3, 0.4) is 0 Å². The zero-order chi connectivity index (χ0) is 29.2. The Morgan fingerprint density at radius 1 is 0.439 bits per heavy atom. The molecule has 0 bridgehead atoms. The van der Waals surface area contributed by atoms with E-state index in [1.54, 1.807) is 18.8 Å². The van der Waals surface area contributed by atoms with Gasteiger partial charge in [-0.25, -0.2) is 4.57 Å². The van der Waals surface area contributed by atoms with Gasteiger partial charge >= 0.3 is 7.82 Å². The summed E-state index contributed by atoms with van der Waals surface area (Å²) in [6, 6.07) is 0. The van der Waals surface area contributed by atoms with Crippen molar-refractivity contribution in [3.63, 3.8) is 0 Å². The maximum absolute atomic E-state index is 13.9. The van der Waals surface area contributed by atoms with Gasteiger partial charge in [0.05, 0.1) is 58.4 Å². The van der Waals surface area contributed by atoms with Gasteiger partial charge in [0.25, 0.3) is 0 Å². The molecule has 0 amide bonds. The SMILES string of the molecule is CC=COCC1CCC(COP(=O)(OCC2CCC(COC=CC)CC2)OCC2CCC(COC=CC)CC2)CC1. The summed E-state index contributed by atoms with van der Waals surface area (Å²) >= 11 is 0. The van der Waals surface area contributed by atoms with Crippen molar-refractivity contribution in [3.8, 4) is 0 Å². The van der Waals surface area contributed by atoms with Gasteiger partial charge < -0.3 is 14.2 Å². The molecule has 3 aliphatic carbocycles. The molecule has 41 heavy (non-hydrogen) atoms. The molecule has 3 saturated carbocycles. The molecule has 3 aliphatic rings. The van der Waals surface area contributed by atoms with Crippen molar-refractivity contribution in [2.75, 3.05) is 39.6 Å². The highest BCUT2D eigenvalue weighted by molar-refractivity contribution is 7.48. The molecule has 8 heteroatoms. The van der Waals surface area contributed by atoms with E-state index in [0.29, 0.717) is 55.3 Å². The average Bonchev–Trinajstić information content (AvgIpc) is 3.00.